The molecule has 3 nitrogen and oxygen atoms in total. The predicted octanol–water partition coefficient (Wildman–Crippen LogP) is 3.87. The number of anilines is 2. The van der Waals surface area contributed by atoms with Crippen molar-refractivity contribution in [1.82, 2.24) is 4.98 Å². The zero-order valence-electron chi connectivity index (χ0n) is 11.8. The fourth-order valence-corrected chi connectivity index (χ4v) is 2.25. The van der Waals surface area contributed by atoms with E-state index in [9.17, 15) is 9.65 Å². The van der Waals surface area contributed by atoms with E-state index in [2.05, 4.69) is 11.1 Å². The number of nitriles is 1. The summed E-state index contributed by atoms with van der Waals surface area (Å²) < 4.78 is 13.4. The standard InChI is InChI=1S/C16H16FN3/c1-4-20(14-7-5-6-13(17)9-14)16-15(10-18)11(2)8-12(3)19-16/h5-9H,4H2,1-3H3. The maximum Gasteiger partial charge on any atom is 0.151 e. The number of rotatable bonds is 3. The van der Waals surface area contributed by atoms with Crippen molar-refractivity contribution in [3.8, 4) is 6.07 Å². The van der Waals surface area contributed by atoms with Gasteiger partial charge in [-0.25, -0.2) is 9.37 Å². The van der Waals surface area contributed by atoms with Crippen LogP contribution in [0.25, 0.3) is 0 Å². The van der Waals surface area contributed by atoms with Crippen LogP contribution in [0.5, 0.6) is 0 Å². The number of hydrogen-bond donors (Lipinski definition) is 0. The average molecular weight is 269 g/mol. The quantitative estimate of drug-likeness (QED) is 0.849. The molecule has 0 atom stereocenters. The van der Waals surface area contributed by atoms with Crippen molar-refractivity contribution in [1.29, 1.82) is 5.26 Å². The number of aromatic nitrogens is 1. The topological polar surface area (TPSA) is 39.9 Å². The van der Waals surface area contributed by atoms with Gasteiger partial charge in [0, 0.05) is 17.9 Å². The van der Waals surface area contributed by atoms with Gasteiger partial charge in [-0.1, -0.05) is 6.07 Å². The SMILES string of the molecule is CCN(c1cccc(F)c1)c1nc(C)cc(C)c1C#N. The van der Waals surface area contributed by atoms with Crippen LogP contribution in [0.15, 0.2) is 30.3 Å². The molecule has 0 radical (unpaired) electrons. The minimum Gasteiger partial charge on any atom is -0.325 e. The van der Waals surface area contributed by atoms with Gasteiger partial charge in [-0.3, -0.25) is 0 Å². The number of nitrogens with zero attached hydrogens (tertiary/aromatic N) is 3. The second-order valence-electron chi connectivity index (χ2n) is 4.62. The third-order valence-electron chi connectivity index (χ3n) is 3.13. The van der Waals surface area contributed by atoms with Crippen molar-refractivity contribution in [3.05, 3.63) is 53.0 Å². The van der Waals surface area contributed by atoms with E-state index in [0.29, 0.717) is 23.6 Å². The molecule has 0 unspecified atom stereocenters. The maximum absolute atomic E-state index is 13.4. The molecule has 0 saturated carbocycles. The Morgan fingerprint density at radius 3 is 2.65 bits per heavy atom. The first kappa shape index (κ1) is 14.0. The van der Waals surface area contributed by atoms with Crippen molar-refractivity contribution in [3.63, 3.8) is 0 Å². The minimum atomic E-state index is -0.302. The van der Waals surface area contributed by atoms with Gasteiger partial charge in [0.05, 0.1) is 5.56 Å². The summed E-state index contributed by atoms with van der Waals surface area (Å²) in [5.74, 6) is 0.280. The molecule has 0 saturated heterocycles. The molecule has 0 aliphatic rings. The van der Waals surface area contributed by atoms with E-state index >= 15 is 0 Å². The van der Waals surface area contributed by atoms with Crippen LogP contribution in [0.1, 0.15) is 23.7 Å². The van der Waals surface area contributed by atoms with Crippen LogP contribution < -0.4 is 4.90 Å². The van der Waals surface area contributed by atoms with Crippen molar-refractivity contribution >= 4 is 11.5 Å². The molecule has 1 aromatic carbocycles. The molecular formula is C16H16FN3. The van der Waals surface area contributed by atoms with E-state index in [1.54, 1.807) is 6.07 Å². The third-order valence-corrected chi connectivity index (χ3v) is 3.13. The van der Waals surface area contributed by atoms with Gasteiger partial charge < -0.3 is 4.90 Å². The average Bonchev–Trinajstić information content (AvgIpc) is 2.39. The molecule has 0 N–H and O–H groups in total. The van der Waals surface area contributed by atoms with Gasteiger partial charge in [0.1, 0.15) is 11.9 Å². The van der Waals surface area contributed by atoms with E-state index in [-0.39, 0.29) is 5.82 Å². The van der Waals surface area contributed by atoms with Gasteiger partial charge in [0.25, 0.3) is 0 Å². The molecule has 102 valence electrons. The molecule has 1 heterocycles. The highest BCUT2D eigenvalue weighted by Gasteiger charge is 2.16. The smallest absolute Gasteiger partial charge is 0.151 e. The number of benzene rings is 1. The lowest BCUT2D eigenvalue weighted by atomic mass is 10.1. The molecule has 2 rings (SSSR count). The first-order valence-electron chi connectivity index (χ1n) is 6.48. The van der Waals surface area contributed by atoms with Crippen LogP contribution in [-0.2, 0) is 0 Å². The normalized spacial score (nSPS) is 10.2. The van der Waals surface area contributed by atoms with E-state index in [1.165, 1.54) is 12.1 Å². The lowest BCUT2D eigenvalue weighted by Gasteiger charge is -2.24. The summed E-state index contributed by atoms with van der Waals surface area (Å²) in [5.41, 5.74) is 2.94. The van der Waals surface area contributed by atoms with E-state index < -0.39 is 0 Å². The highest BCUT2D eigenvalue weighted by Crippen LogP contribution is 2.28. The lowest BCUT2D eigenvalue weighted by molar-refractivity contribution is 0.627. The van der Waals surface area contributed by atoms with Crippen LogP contribution >= 0.6 is 0 Å². The monoisotopic (exact) mass is 269 g/mol. The van der Waals surface area contributed by atoms with Gasteiger partial charge in [0.2, 0.25) is 0 Å². The van der Waals surface area contributed by atoms with Crippen molar-refractivity contribution in [2.75, 3.05) is 11.4 Å². The Morgan fingerprint density at radius 2 is 2.05 bits per heavy atom. The molecule has 0 fully saturated rings. The van der Waals surface area contributed by atoms with Crippen LogP contribution in [0.2, 0.25) is 0 Å². The van der Waals surface area contributed by atoms with E-state index in [4.69, 9.17) is 0 Å². The fraction of sp³-hybridized carbons (Fsp3) is 0.250. The summed E-state index contributed by atoms with van der Waals surface area (Å²) in [6.07, 6.45) is 0. The predicted molar refractivity (Wildman–Crippen MR) is 77.5 cm³/mol. The first-order valence-corrected chi connectivity index (χ1v) is 6.48. The van der Waals surface area contributed by atoms with Crippen LogP contribution in [0.4, 0.5) is 15.9 Å². The number of pyridine rings is 1. The summed E-state index contributed by atoms with van der Waals surface area (Å²) in [4.78, 5) is 6.31. The summed E-state index contributed by atoms with van der Waals surface area (Å²) in [7, 11) is 0. The lowest BCUT2D eigenvalue weighted by Crippen LogP contribution is -2.19. The number of halogens is 1. The third kappa shape index (κ3) is 2.62. The van der Waals surface area contributed by atoms with Crippen molar-refractivity contribution in [2.24, 2.45) is 0 Å². The largest absolute Gasteiger partial charge is 0.325 e. The first-order chi connectivity index (χ1) is 9.56. The molecule has 4 heteroatoms. The molecule has 0 bridgehead atoms. The van der Waals surface area contributed by atoms with Crippen LogP contribution in [0.3, 0.4) is 0 Å². The summed E-state index contributed by atoms with van der Waals surface area (Å²) in [6.45, 7) is 6.33. The molecular weight excluding hydrogens is 253 g/mol. The Hall–Kier alpha value is -2.41. The number of hydrogen-bond acceptors (Lipinski definition) is 3. The van der Waals surface area contributed by atoms with Gasteiger partial charge in [0.15, 0.2) is 5.82 Å². The Balaban J connectivity index is 2.61. The van der Waals surface area contributed by atoms with E-state index in [0.717, 1.165) is 11.3 Å². The van der Waals surface area contributed by atoms with Gasteiger partial charge in [-0.2, -0.15) is 5.26 Å². The minimum absolute atomic E-state index is 0.302. The summed E-state index contributed by atoms with van der Waals surface area (Å²) >= 11 is 0. The van der Waals surface area contributed by atoms with Crippen molar-refractivity contribution in [2.45, 2.75) is 20.8 Å². The molecule has 1 aromatic heterocycles. The molecule has 0 aliphatic heterocycles. The Bertz CT molecular complexity index is 674. The summed E-state index contributed by atoms with van der Waals surface area (Å²) in [5, 5.41) is 9.35. The molecule has 0 aliphatic carbocycles. The zero-order valence-corrected chi connectivity index (χ0v) is 11.8. The Kier molecular flexibility index (Phi) is 3.99. The highest BCUT2D eigenvalue weighted by atomic mass is 19.1. The molecule has 0 spiro atoms. The second-order valence-corrected chi connectivity index (χ2v) is 4.62. The molecule has 20 heavy (non-hydrogen) atoms. The molecule has 2 aromatic rings. The van der Waals surface area contributed by atoms with Gasteiger partial charge >= 0.3 is 0 Å². The Morgan fingerprint density at radius 1 is 1.30 bits per heavy atom. The summed E-state index contributed by atoms with van der Waals surface area (Å²) in [6, 6.07) is 10.4. The Labute approximate surface area is 118 Å². The van der Waals surface area contributed by atoms with Gasteiger partial charge in [-0.15, -0.1) is 0 Å². The van der Waals surface area contributed by atoms with Crippen LogP contribution in [-0.4, -0.2) is 11.5 Å². The molecule has 0 amide bonds. The van der Waals surface area contributed by atoms with E-state index in [1.807, 2.05) is 37.8 Å². The van der Waals surface area contributed by atoms with Crippen molar-refractivity contribution < 1.29 is 4.39 Å². The van der Waals surface area contributed by atoms with Gasteiger partial charge in [-0.05, 0) is 50.6 Å². The maximum atomic E-state index is 13.4. The second kappa shape index (κ2) is 5.70. The number of aryl methyl sites for hydroxylation is 2. The fourth-order valence-electron chi connectivity index (χ4n) is 2.25. The zero-order chi connectivity index (χ0) is 14.7. The highest BCUT2D eigenvalue weighted by molar-refractivity contribution is 5.67. The van der Waals surface area contributed by atoms with Crippen LogP contribution in [0, 0.1) is 31.0 Å².